The number of halogens is 1. The highest BCUT2D eigenvalue weighted by molar-refractivity contribution is 9.10. The van der Waals surface area contributed by atoms with E-state index in [0.29, 0.717) is 5.69 Å². The first kappa shape index (κ1) is 10.9. The van der Waals surface area contributed by atoms with Crippen LogP contribution < -0.4 is 0 Å². The normalized spacial score (nSPS) is 10.6. The Kier molecular flexibility index (Phi) is 2.82. The molecule has 0 bridgehead atoms. The molecule has 0 radical (unpaired) electrons. The molecule has 0 spiro atoms. The summed E-state index contributed by atoms with van der Waals surface area (Å²) >= 11 is 3.39. The van der Waals surface area contributed by atoms with E-state index in [1.54, 1.807) is 17.9 Å². The highest BCUT2D eigenvalue weighted by atomic mass is 79.9. The van der Waals surface area contributed by atoms with Gasteiger partial charge in [-0.05, 0) is 28.1 Å². The maximum Gasteiger partial charge on any atom is 0.309 e. The van der Waals surface area contributed by atoms with Crippen LogP contribution in [0.2, 0.25) is 0 Å². The van der Waals surface area contributed by atoms with E-state index in [1.165, 1.54) is 0 Å². The lowest BCUT2D eigenvalue weighted by Gasteiger charge is -1.97. The van der Waals surface area contributed by atoms with E-state index in [9.17, 15) is 4.79 Å². The lowest BCUT2D eigenvalue weighted by atomic mass is 10.2. The van der Waals surface area contributed by atoms with Crippen molar-refractivity contribution in [1.29, 1.82) is 0 Å². The van der Waals surface area contributed by atoms with E-state index in [1.807, 2.05) is 12.1 Å². The second-order valence-corrected chi connectivity index (χ2v) is 4.18. The van der Waals surface area contributed by atoms with Gasteiger partial charge < -0.3 is 10.1 Å². The van der Waals surface area contributed by atoms with Gasteiger partial charge in [0.1, 0.15) is 5.69 Å². The molecule has 5 nitrogen and oxygen atoms in total. The summed E-state index contributed by atoms with van der Waals surface area (Å²) in [6.45, 7) is 0. The fraction of sp³-hybridized carbons (Fsp3) is 0.200. The van der Waals surface area contributed by atoms with Gasteiger partial charge in [-0.1, -0.05) is 0 Å². The average Bonchev–Trinajstić information content (AvgIpc) is 2.80. The molecule has 84 valence electrons. The summed E-state index contributed by atoms with van der Waals surface area (Å²) < 4.78 is 2.30. The number of carbonyl (C=O) groups is 1. The summed E-state index contributed by atoms with van der Waals surface area (Å²) in [4.78, 5) is 13.7. The standard InChI is InChI=1S/C10H10BrN3O2/c1-14-7(5-8(15)16)9(11)10(13-14)6-3-2-4-12-6/h2-4,12H,5H2,1H3,(H,15,16). The molecule has 0 fully saturated rings. The van der Waals surface area contributed by atoms with E-state index in [0.717, 1.165) is 15.9 Å². The number of aromatic amines is 1. The van der Waals surface area contributed by atoms with Crippen molar-refractivity contribution in [3.8, 4) is 11.4 Å². The largest absolute Gasteiger partial charge is 0.481 e. The Labute approximate surface area is 100 Å². The lowest BCUT2D eigenvalue weighted by Crippen LogP contribution is -2.06. The Hall–Kier alpha value is -1.56. The van der Waals surface area contributed by atoms with Gasteiger partial charge in [-0.2, -0.15) is 5.10 Å². The van der Waals surface area contributed by atoms with Gasteiger partial charge in [0.2, 0.25) is 0 Å². The smallest absolute Gasteiger partial charge is 0.309 e. The topological polar surface area (TPSA) is 70.9 Å². The number of carboxylic acid groups (broad SMARTS) is 1. The fourth-order valence-electron chi connectivity index (χ4n) is 1.52. The van der Waals surface area contributed by atoms with Crippen LogP contribution in [0.15, 0.2) is 22.8 Å². The average molecular weight is 284 g/mol. The van der Waals surface area contributed by atoms with Crippen molar-refractivity contribution < 1.29 is 9.90 Å². The quantitative estimate of drug-likeness (QED) is 0.902. The zero-order valence-electron chi connectivity index (χ0n) is 8.57. The first-order valence-corrected chi connectivity index (χ1v) is 5.46. The van der Waals surface area contributed by atoms with Crippen LogP contribution in [0.25, 0.3) is 11.4 Å². The molecule has 2 aromatic rings. The molecule has 2 aromatic heterocycles. The van der Waals surface area contributed by atoms with Gasteiger partial charge in [0.05, 0.1) is 22.3 Å². The third-order valence-corrected chi connectivity index (χ3v) is 3.11. The summed E-state index contributed by atoms with van der Waals surface area (Å²) in [6, 6.07) is 3.75. The van der Waals surface area contributed by atoms with Crippen LogP contribution >= 0.6 is 15.9 Å². The van der Waals surface area contributed by atoms with Gasteiger partial charge in [-0.15, -0.1) is 0 Å². The minimum Gasteiger partial charge on any atom is -0.481 e. The third kappa shape index (κ3) is 1.88. The fourth-order valence-corrected chi connectivity index (χ4v) is 2.21. The van der Waals surface area contributed by atoms with E-state index >= 15 is 0 Å². The Morgan fingerprint density at radius 1 is 1.69 bits per heavy atom. The number of H-pyrrole nitrogens is 1. The molecule has 0 aliphatic carbocycles. The van der Waals surface area contributed by atoms with Crippen LogP contribution in [0.1, 0.15) is 5.69 Å². The molecular formula is C10H10BrN3O2. The van der Waals surface area contributed by atoms with Crippen LogP contribution in [0.3, 0.4) is 0 Å². The van der Waals surface area contributed by atoms with E-state index < -0.39 is 5.97 Å². The van der Waals surface area contributed by atoms with Crippen molar-refractivity contribution in [1.82, 2.24) is 14.8 Å². The number of hydrogen-bond donors (Lipinski definition) is 2. The molecule has 2 heterocycles. The predicted octanol–water partition coefficient (Wildman–Crippen LogP) is 1.80. The summed E-state index contributed by atoms with van der Waals surface area (Å²) in [7, 11) is 1.73. The highest BCUT2D eigenvalue weighted by Crippen LogP contribution is 2.29. The molecule has 0 amide bonds. The Balaban J connectivity index is 2.46. The molecule has 0 aliphatic heterocycles. The first-order chi connectivity index (χ1) is 7.59. The monoisotopic (exact) mass is 283 g/mol. The van der Waals surface area contributed by atoms with Gasteiger partial charge >= 0.3 is 5.97 Å². The molecule has 0 unspecified atom stereocenters. The van der Waals surface area contributed by atoms with Crippen LogP contribution in [0, 0.1) is 0 Å². The lowest BCUT2D eigenvalue weighted by molar-refractivity contribution is -0.136. The van der Waals surface area contributed by atoms with Crippen molar-refractivity contribution >= 4 is 21.9 Å². The summed E-state index contributed by atoms with van der Waals surface area (Å²) in [5.41, 5.74) is 2.24. The molecule has 0 saturated heterocycles. The van der Waals surface area contributed by atoms with Gasteiger partial charge in [-0.3, -0.25) is 9.48 Å². The molecule has 0 saturated carbocycles. The molecular weight excluding hydrogens is 274 g/mol. The summed E-state index contributed by atoms with van der Waals surface area (Å²) in [6.07, 6.45) is 1.75. The number of aliphatic carboxylic acids is 1. The summed E-state index contributed by atoms with van der Waals surface area (Å²) in [5.74, 6) is -0.873. The number of carboxylic acids is 1. The molecule has 0 atom stereocenters. The zero-order chi connectivity index (χ0) is 11.7. The molecule has 0 aliphatic rings. The van der Waals surface area contributed by atoms with Gasteiger partial charge in [0.25, 0.3) is 0 Å². The maximum atomic E-state index is 10.7. The predicted molar refractivity (Wildman–Crippen MR) is 62.0 cm³/mol. The van der Waals surface area contributed by atoms with Crippen molar-refractivity contribution in [3.05, 3.63) is 28.5 Å². The zero-order valence-corrected chi connectivity index (χ0v) is 10.2. The van der Waals surface area contributed by atoms with Gasteiger partial charge in [0, 0.05) is 13.2 Å². The van der Waals surface area contributed by atoms with Crippen LogP contribution in [-0.4, -0.2) is 25.8 Å². The Bertz CT molecular complexity index is 516. The minimum atomic E-state index is -0.873. The second kappa shape index (κ2) is 4.13. The van der Waals surface area contributed by atoms with Crippen LogP contribution in [0.5, 0.6) is 0 Å². The highest BCUT2D eigenvalue weighted by Gasteiger charge is 2.17. The number of hydrogen-bond acceptors (Lipinski definition) is 2. The minimum absolute atomic E-state index is 0.0508. The maximum absolute atomic E-state index is 10.7. The SMILES string of the molecule is Cn1nc(-c2ccc[nH]2)c(Br)c1CC(=O)O. The number of aryl methyl sites for hydroxylation is 1. The van der Waals surface area contributed by atoms with Crippen LogP contribution in [-0.2, 0) is 18.3 Å². The van der Waals surface area contributed by atoms with Gasteiger partial charge in [0.15, 0.2) is 0 Å². The Morgan fingerprint density at radius 2 is 2.44 bits per heavy atom. The molecule has 2 N–H and O–H groups in total. The van der Waals surface area contributed by atoms with E-state index in [4.69, 9.17) is 5.11 Å². The molecule has 16 heavy (non-hydrogen) atoms. The van der Waals surface area contributed by atoms with Crippen LogP contribution in [0.4, 0.5) is 0 Å². The number of nitrogens with zero attached hydrogens (tertiary/aromatic N) is 2. The first-order valence-electron chi connectivity index (χ1n) is 4.66. The molecule has 0 aromatic carbocycles. The van der Waals surface area contributed by atoms with E-state index in [2.05, 4.69) is 26.0 Å². The molecule has 2 rings (SSSR count). The van der Waals surface area contributed by atoms with Gasteiger partial charge in [-0.25, -0.2) is 0 Å². The van der Waals surface area contributed by atoms with E-state index in [-0.39, 0.29) is 6.42 Å². The number of aromatic nitrogens is 3. The van der Waals surface area contributed by atoms with Crippen molar-refractivity contribution in [2.45, 2.75) is 6.42 Å². The second-order valence-electron chi connectivity index (χ2n) is 3.39. The third-order valence-electron chi connectivity index (χ3n) is 2.27. The van der Waals surface area contributed by atoms with Crippen molar-refractivity contribution in [2.24, 2.45) is 7.05 Å². The van der Waals surface area contributed by atoms with Crippen molar-refractivity contribution in [2.75, 3.05) is 0 Å². The Morgan fingerprint density at radius 3 is 3.00 bits per heavy atom. The number of nitrogens with one attached hydrogen (secondary N) is 1. The van der Waals surface area contributed by atoms with Crippen molar-refractivity contribution in [3.63, 3.8) is 0 Å². The summed E-state index contributed by atoms with van der Waals surface area (Å²) in [5, 5.41) is 13.1. The number of rotatable bonds is 3. The molecule has 6 heteroatoms.